The van der Waals surface area contributed by atoms with E-state index < -0.39 is 0 Å². The normalized spacial score (nSPS) is 31.0. The lowest BCUT2D eigenvalue weighted by molar-refractivity contribution is -0.123. The Balaban J connectivity index is 1.65. The minimum absolute atomic E-state index is 0.0851. The van der Waals surface area contributed by atoms with Crippen LogP contribution in [-0.2, 0) is 4.79 Å². The number of carbonyl (C=O) groups excluding carboxylic acids is 1. The standard InChI is InChI=1S/C15H29N3O/c1-11(2)15(19)18-10-9-17-13-6-3-5-12(13)14-7-4-8-16-14/h11-14,16-17H,3-10H2,1-2H3,(H,18,19). The summed E-state index contributed by atoms with van der Waals surface area (Å²) in [5.41, 5.74) is 0. The third kappa shape index (κ3) is 4.18. The molecule has 1 saturated heterocycles. The number of carbonyl (C=O) groups is 1. The summed E-state index contributed by atoms with van der Waals surface area (Å²) in [6, 6.07) is 1.37. The van der Waals surface area contributed by atoms with Gasteiger partial charge in [-0.25, -0.2) is 0 Å². The van der Waals surface area contributed by atoms with Crippen LogP contribution in [0, 0.1) is 11.8 Å². The summed E-state index contributed by atoms with van der Waals surface area (Å²) < 4.78 is 0. The van der Waals surface area contributed by atoms with Crippen LogP contribution in [0.2, 0.25) is 0 Å². The molecule has 4 nitrogen and oxygen atoms in total. The van der Waals surface area contributed by atoms with Gasteiger partial charge in [0.15, 0.2) is 0 Å². The fraction of sp³-hybridized carbons (Fsp3) is 0.933. The molecule has 1 amide bonds. The van der Waals surface area contributed by atoms with Crippen LogP contribution in [0.5, 0.6) is 0 Å². The summed E-state index contributed by atoms with van der Waals surface area (Å²) in [4.78, 5) is 11.5. The predicted octanol–water partition coefficient (Wildman–Crippen LogP) is 1.27. The molecule has 110 valence electrons. The molecule has 2 rings (SSSR count). The monoisotopic (exact) mass is 267 g/mol. The quantitative estimate of drug-likeness (QED) is 0.635. The van der Waals surface area contributed by atoms with Crippen molar-refractivity contribution in [1.29, 1.82) is 0 Å². The van der Waals surface area contributed by atoms with E-state index in [4.69, 9.17) is 0 Å². The van der Waals surface area contributed by atoms with Crippen molar-refractivity contribution in [2.75, 3.05) is 19.6 Å². The SMILES string of the molecule is CC(C)C(=O)NCCNC1CCCC1C1CCCN1. The summed E-state index contributed by atoms with van der Waals surface area (Å²) in [6.45, 7) is 6.70. The molecule has 0 spiro atoms. The van der Waals surface area contributed by atoms with Crippen LogP contribution in [-0.4, -0.2) is 37.6 Å². The Labute approximate surface area is 117 Å². The van der Waals surface area contributed by atoms with Gasteiger partial charge in [-0.15, -0.1) is 0 Å². The summed E-state index contributed by atoms with van der Waals surface area (Å²) in [7, 11) is 0. The molecular formula is C15H29N3O. The average molecular weight is 267 g/mol. The maximum Gasteiger partial charge on any atom is 0.222 e. The van der Waals surface area contributed by atoms with Gasteiger partial charge in [0.2, 0.25) is 5.91 Å². The van der Waals surface area contributed by atoms with E-state index in [1.807, 2.05) is 13.8 Å². The maximum absolute atomic E-state index is 11.5. The summed E-state index contributed by atoms with van der Waals surface area (Å²) in [5.74, 6) is 1.03. The van der Waals surface area contributed by atoms with Crippen molar-refractivity contribution >= 4 is 5.91 Å². The molecule has 2 fully saturated rings. The molecule has 3 N–H and O–H groups in total. The van der Waals surface area contributed by atoms with Crippen molar-refractivity contribution in [3.8, 4) is 0 Å². The maximum atomic E-state index is 11.5. The first-order chi connectivity index (χ1) is 9.18. The molecule has 0 aromatic carbocycles. The van der Waals surface area contributed by atoms with Crippen molar-refractivity contribution in [1.82, 2.24) is 16.0 Å². The first kappa shape index (κ1) is 14.8. The van der Waals surface area contributed by atoms with Gasteiger partial charge in [-0.05, 0) is 38.1 Å². The second kappa shape index (κ2) is 7.25. The van der Waals surface area contributed by atoms with Crippen LogP contribution in [0.3, 0.4) is 0 Å². The van der Waals surface area contributed by atoms with E-state index in [0.29, 0.717) is 6.04 Å². The minimum Gasteiger partial charge on any atom is -0.355 e. The molecule has 0 bridgehead atoms. The van der Waals surface area contributed by atoms with E-state index in [0.717, 1.165) is 25.0 Å². The van der Waals surface area contributed by atoms with Gasteiger partial charge in [-0.2, -0.15) is 0 Å². The van der Waals surface area contributed by atoms with Crippen molar-refractivity contribution in [2.45, 2.75) is 58.0 Å². The van der Waals surface area contributed by atoms with Crippen LogP contribution in [0.1, 0.15) is 46.0 Å². The number of rotatable bonds is 6. The van der Waals surface area contributed by atoms with Crippen LogP contribution >= 0.6 is 0 Å². The van der Waals surface area contributed by atoms with Gasteiger partial charge in [0.05, 0.1) is 0 Å². The largest absolute Gasteiger partial charge is 0.355 e. The first-order valence-electron chi connectivity index (χ1n) is 7.93. The zero-order valence-electron chi connectivity index (χ0n) is 12.4. The Morgan fingerprint density at radius 2 is 2.05 bits per heavy atom. The van der Waals surface area contributed by atoms with Gasteiger partial charge in [0.1, 0.15) is 0 Å². The number of amides is 1. The zero-order valence-corrected chi connectivity index (χ0v) is 12.4. The third-order valence-electron chi connectivity index (χ3n) is 4.54. The van der Waals surface area contributed by atoms with E-state index in [2.05, 4.69) is 16.0 Å². The zero-order chi connectivity index (χ0) is 13.7. The van der Waals surface area contributed by atoms with Gasteiger partial charge >= 0.3 is 0 Å². The molecule has 1 aliphatic heterocycles. The highest BCUT2D eigenvalue weighted by molar-refractivity contribution is 5.77. The predicted molar refractivity (Wildman–Crippen MR) is 78.0 cm³/mol. The van der Waals surface area contributed by atoms with Crippen LogP contribution in [0.25, 0.3) is 0 Å². The van der Waals surface area contributed by atoms with Gasteiger partial charge in [-0.1, -0.05) is 20.3 Å². The van der Waals surface area contributed by atoms with E-state index in [1.165, 1.54) is 38.6 Å². The molecule has 0 radical (unpaired) electrons. The molecule has 0 aromatic heterocycles. The van der Waals surface area contributed by atoms with Crippen molar-refractivity contribution in [3.63, 3.8) is 0 Å². The first-order valence-corrected chi connectivity index (χ1v) is 7.93. The molecule has 4 heteroatoms. The molecule has 1 saturated carbocycles. The highest BCUT2D eigenvalue weighted by Crippen LogP contribution is 2.31. The molecule has 0 aromatic rings. The fourth-order valence-electron chi connectivity index (χ4n) is 3.45. The number of nitrogens with one attached hydrogen (secondary N) is 3. The Hall–Kier alpha value is -0.610. The Bertz CT molecular complexity index is 287. The van der Waals surface area contributed by atoms with Crippen molar-refractivity contribution < 1.29 is 4.79 Å². The highest BCUT2D eigenvalue weighted by atomic mass is 16.1. The van der Waals surface area contributed by atoms with E-state index in [-0.39, 0.29) is 11.8 Å². The average Bonchev–Trinajstić information content (AvgIpc) is 3.04. The van der Waals surface area contributed by atoms with Crippen LogP contribution < -0.4 is 16.0 Å². The Morgan fingerprint density at radius 1 is 1.21 bits per heavy atom. The lowest BCUT2D eigenvalue weighted by Crippen LogP contribution is -2.44. The smallest absolute Gasteiger partial charge is 0.222 e. The summed E-state index contributed by atoms with van der Waals surface area (Å²) in [6.07, 6.45) is 6.67. The molecule has 19 heavy (non-hydrogen) atoms. The van der Waals surface area contributed by atoms with Gasteiger partial charge < -0.3 is 16.0 Å². The molecule has 1 aliphatic carbocycles. The summed E-state index contributed by atoms with van der Waals surface area (Å²) in [5, 5.41) is 10.3. The lowest BCUT2D eigenvalue weighted by Gasteiger charge is -2.26. The molecule has 2 aliphatic rings. The minimum atomic E-state index is 0.0851. The molecular weight excluding hydrogens is 238 g/mol. The van der Waals surface area contributed by atoms with Crippen molar-refractivity contribution in [2.24, 2.45) is 11.8 Å². The lowest BCUT2D eigenvalue weighted by atomic mass is 9.93. The number of hydrogen-bond donors (Lipinski definition) is 3. The van der Waals surface area contributed by atoms with Crippen LogP contribution in [0.15, 0.2) is 0 Å². The number of hydrogen-bond acceptors (Lipinski definition) is 3. The van der Waals surface area contributed by atoms with E-state index >= 15 is 0 Å². The summed E-state index contributed by atoms with van der Waals surface area (Å²) >= 11 is 0. The van der Waals surface area contributed by atoms with Gasteiger partial charge in [0, 0.05) is 31.1 Å². The Kier molecular flexibility index (Phi) is 5.64. The molecule has 3 atom stereocenters. The van der Waals surface area contributed by atoms with E-state index in [9.17, 15) is 4.79 Å². The fourth-order valence-corrected chi connectivity index (χ4v) is 3.45. The van der Waals surface area contributed by atoms with Gasteiger partial charge in [-0.3, -0.25) is 4.79 Å². The van der Waals surface area contributed by atoms with E-state index in [1.54, 1.807) is 0 Å². The second-order valence-electron chi connectivity index (χ2n) is 6.30. The van der Waals surface area contributed by atoms with Crippen molar-refractivity contribution in [3.05, 3.63) is 0 Å². The second-order valence-corrected chi connectivity index (χ2v) is 6.30. The van der Waals surface area contributed by atoms with Crippen LogP contribution in [0.4, 0.5) is 0 Å². The molecule has 3 unspecified atom stereocenters. The third-order valence-corrected chi connectivity index (χ3v) is 4.54. The molecule has 1 heterocycles. The Morgan fingerprint density at radius 3 is 2.74 bits per heavy atom. The topological polar surface area (TPSA) is 53.2 Å². The highest BCUT2D eigenvalue weighted by Gasteiger charge is 2.34. The van der Waals surface area contributed by atoms with Gasteiger partial charge in [0.25, 0.3) is 0 Å².